The van der Waals surface area contributed by atoms with Gasteiger partial charge in [0.1, 0.15) is 5.69 Å². The maximum absolute atomic E-state index is 12.3. The third kappa shape index (κ3) is 3.07. The summed E-state index contributed by atoms with van der Waals surface area (Å²) in [4.78, 5) is 12.3. The van der Waals surface area contributed by atoms with Gasteiger partial charge in [-0.25, -0.2) is 0 Å². The van der Waals surface area contributed by atoms with Crippen molar-refractivity contribution in [1.29, 1.82) is 0 Å². The van der Waals surface area contributed by atoms with Crippen LogP contribution in [0.25, 0.3) is 22.6 Å². The van der Waals surface area contributed by atoms with Gasteiger partial charge in [0.25, 0.3) is 5.91 Å². The number of carbonyl (C=O) groups excluding carboxylic acids is 1. The van der Waals surface area contributed by atoms with Crippen molar-refractivity contribution in [2.75, 3.05) is 5.32 Å². The topological polar surface area (TPSA) is 88.7 Å². The van der Waals surface area contributed by atoms with Gasteiger partial charge in [-0.3, -0.25) is 14.6 Å². The van der Waals surface area contributed by atoms with Gasteiger partial charge in [-0.1, -0.05) is 12.1 Å². The summed E-state index contributed by atoms with van der Waals surface area (Å²) in [5.74, 6) is 0.343. The first kappa shape index (κ1) is 14.9. The molecule has 2 N–H and O–H groups in total. The van der Waals surface area contributed by atoms with E-state index in [9.17, 15) is 4.79 Å². The molecule has 1 amide bonds. The Balaban J connectivity index is 1.47. The number of amides is 1. The molecule has 3 heterocycles. The standard InChI is InChI=1S/C18H15N5O2/c1-23-11-13(10-19-23)12-4-6-14(7-5-12)20-18(24)16-9-15(21-22-16)17-3-2-8-25-17/h2-11H,1H3,(H,20,24)(H,21,22). The van der Waals surface area contributed by atoms with E-state index in [0.29, 0.717) is 22.8 Å². The molecule has 0 saturated carbocycles. The fraction of sp³-hybridized carbons (Fsp3) is 0.0556. The predicted octanol–water partition coefficient (Wildman–Crippen LogP) is 3.32. The molecular formula is C18H15N5O2. The Bertz CT molecular complexity index is 996. The van der Waals surface area contributed by atoms with E-state index < -0.39 is 0 Å². The molecule has 0 aliphatic heterocycles. The van der Waals surface area contributed by atoms with Crippen LogP contribution in [0.4, 0.5) is 5.69 Å². The number of hydrogen-bond acceptors (Lipinski definition) is 4. The summed E-state index contributed by atoms with van der Waals surface area (Å²) in [6.45, 7) is 0. The van der Waals surface area contributed by atoms with E-state index in [1.165, 1.54) is 0 Å². The number of aryl methyl sites for hydroxylation is 1. The van der Waals surface area contributed by atoms with Gasteiger partial charge in [0.2, 0.25) is 0 Å². The van der Waals surface area contributed by atoms with Gasteiger partial charge in [-0.05, 0) is 29.8 Å². The SMILES string of the molecule is Cn1cc(-c2ccc(NC(=O)c3cc(-c4ccco4)[nH]n3)cc2)cn1. The van der Waals surface area contributed by atoms with Crippen LogP contribution in [-0.4, -0.2) is 25.9 Å². The van der Waals surface area contributed by atoms with Gasteiger partial charge >= 0.3 is 0 Å². The fourth-order valence-electron chi connectivity index (χ4n) is 2.51. The molecule has 0 aliphatic rings. The molecule has 7 heteroatoms. The van der Waals surface area contributed by atoms with Crippen molar-refractivity contribution in [2.45, 2.75) is 0 Å². The van der Waals surface area contributed by atoms with Crippen molar-refractivity contribution < 1.29 is 9.21 Å². The minimum absolute atomic E-state index is 0.289. The second-order valence-corrected chi connectivity index (χ2v) is 5.58. The molecule has 0 saturated heterocycles. The summed E-state index contributed by atoms with van der Waals surface area (Å²) < 4.78 is 7.03. The summed E-state index contributed by atoms with van der Waals surface area (Å²) in [6.07, 6.45) is 5.31. The first-order valence-corrected chi connectivity index (χ1v) is 7.69. The van der Waals surface area contributed by atoms with Crippen LogP contribution in [0.2, 0.25) is 0 Å². The molecular weight excluding hydrogens is 318 g/mol. The number of aromatic amines is 1. The van der Waals surface area contributed by atoms with E-state index in [1.807, 2.05) is 37.5 Å². The van der Waals surface area contributed by atoms with E-state index in [2.05, 4.69) is 20.6 Å². The number of carbonyl (C=O) groups is 1. The van der Waals surface area contributed by atoms with Crippen LogP contribution in [0, 0.1) is 0 Å². The molecule has 0 unspecified atom stereocenters. The van der Waals surface area contributed by atoms with Crippen molar-refractivity contribution in [3.8, 4) is 22.6 Å². The Morgan fingerprint density at radius 2 is 2.04 bits per heavy atom. The average molecular weight is 333 g/mol. The number of rotatable bonds is 4. The zero-order valence-corrected chi connectivity index (χ0v) is 13.4. The predicted molar refractivity (Wildman–Crippen MR) is 92.9 cm³/mol. The average Bonchev–Trinajstić information content (AvgIpc) is 3.36. The minimum Gasteiger partial charge on any atom is -0.463 e. The third-order valence-corrected chi connectivity index (χ3v) is 3.78. The van der Waals surface area contributed by atoms with Crippen molar-refractivity contribution >= 4 is 11.6 Å². The Kier molecular flexibility index (Phi) is 3.66. The van der Waals surface area contributed by atoms with Gasteiger partial charge in [0, 0.05) is 30.6 Å². The summed E-state index contributed by atoms with van der Waals surface area (Å²) in [6, 6.07) is 12.8. The van der Waals surface area contributed by atoms with E-state index in [-0.39, 0.29) is 5.91 Å². The minimum atomic E-state index is -0.289. The molecule has 0 aliphatic carbocycles. The molecule has 0 bridgehead atoms. The van der Waals surface area contributed by atoms with Crippen molar-refractivity contribution in [2.24, 2.45) is 7.05 Å². The van der Waals surface area contributed by atoms with Gasteiger partial charge < -0.3 is 9.73 Å². The van der Waals surface area contributed by atoms with Crippen LogP contribution in [0.3, 0.4) is 0 Å². The first-order valence-electron chi connectivity index (χ1n) is 7.69. The summed E-state index contributed by atoms with van der Waals surface area (Å²) >= 11 is 0. The molecule has 4 rings (SSSR count). The van der Waals surface area contributed by atoms with Gasteiger partial charge in [0.05, 0.1) is 12.5 Å². The number of nitrogens with zero attached hydrogens (tertiary/aromatic N) is 3. The fourth-order valence-corrected chi connectivity index (χ4v) is 2.51. The van der Waals surface area contributed by atoms with E-state index in [1.54, 1.807) is 35.3 Å². The summed E-state index contributed by atoms with van der Waals surface area (Å²) in [5, 5.41) is 13.8. The molecule has 3 aromatic heterocycles. The molecule has 7 nitrogen and oxygen atoms in total. The third-order valence-electron chi connectivity index (χ3n) is 3.78. The number of furan rings is 1. The maximum Gasteiger partial charge on any atom is 0.276 e. The lowest BCUT2D eigenvalue weighted by atomic mass is 10.1. The lowest BCUT2D eigenvalue weighted by Crippen LogP contribution is -2.12. The van der Waals surface area contributed by atoms with Crippen LogP contribution in [0.1, 0.15) is 10.5 Å². The highest BCUT2D eigenvalue weighted by molar-refractivity contribution is 6.03. The van der Waals surface area contributed by atoms with Crippen LogP contribution >= 0.6 is 0 Å². The second-order valence-electron chi connectivity index (χ2n) is 5.58. The number of hydrogen-bond donors (Lipinski definition) is 2. The number of aromatic nitrogens is 4. The monoisotopic (exact) mass is 333 g/mol. The van der Waals surface area contributed by atoms with E-state index in [4.69, 9.17) is 4.42 Å². The lowest BCUT2D eigenvalue weighted by Gasteiger charge is -2.04. The van der Waals surface area contributed by atoms with Crippen LogP contribution in [-0.2, 0) is 7.05 Å². The lowest BCUT2D eigenvalue weighted by molar-refractivity contribution is 0.102. The van der Waals surface area contributed by atoms with Gasteiger partial charge in [0.15, 0.2) is 11.5 Å². The zero-order valence-electron chi connectivity index (χ0n) is 13.4. The van der Waals surface area contributed by atoms with Crippen LogP contribution in [0.15, 0.2) is 65.5 Å². The Labute approximate surface area is 143 Å². The number of anilines is 1. The Morgan fingerprint density at radius 1 is 1.20 bits per heavy atom. The highest BCUT2D eigenvalue weighted by atomic mass is 16.3. The highest BCUT2D eigenvalue weighted by Gasteiger charge is 2.13. The number of benzene rings is 1. The second kappa shape index (κ2) is 6.12. The first-order chi connectivity index (χ1) is 12.2. The summed E-state index contributed by atoms with van der Waals surface area (Å²) in [7, 11) is 1.87. The largest absolute Gasteiger partial charge is 0.463 e. The van der Waals surface area contributed by atoms with Crippen molar-refractivity contribution in [3.05, 3.63) is 66.8 Å². The molecule has 0 radical (unpaired) electrons. The Hall–Kier alpha value is -3.61. The quantitative estimate of drug-likeness (QED) is 0.599. The van der Waals surface area contributed by atoms with Crippen molar-refractivity contribution in [1.82, 2.24) is 20.0 Å². The number of nitrogens with one attached hydrogen (secondary N) is 2. The molecule has 25 heavy (non-hydrogen) atoms. The molecule has 1 aromatic carbocycles. The molecule has 124 valence electrons. The molecule has 0 spiro atoms. The Morgan fingerprint density at radius 3 is 2.72 bits per heavy atom. The molecule has 4 aromatic rings. The van der Waals surface area contributed by atoms with Crippen LogP contribution < -0.4 is 5.32 Å². The smallest absolute Gasteiger partial charge is 0.276 e. The van der Waals surface area contributed by atoms with Crippen LogP contribution in [0.5, 0.6) is 0 Å². The van der Waals surface area contributed by atoms with Crippen molar-refractivity contribution in [3.63, 3.8) is 0 Å². The number of H-pyrrole nitrogens is 1. The van der Waals surface area contributed by atoms with Gasteiger partial charge in [-0.2, -0.15) is 10.2 Å². The van der Waals surface area contributed by atoms with E-state index in [0.717, 1.165) is 11.1 Å². The van der Waals surface area contributed by atoms with Gasteiger partial charge in [-0.15, -0.1) is 0 Å². The maximum atomic E-state index is 12.3. The summed E-state index contributed by atoms with van der Waals surface area (Å²) in [5.41, 5.74) is 3.70. The highest BCUT2D eigenvalue weighted by Crippen LogP contribution is 2.22. The molecule has 0 atom stereocenters. The molecule has 0 fully saturated rings. The normalized spacial score (nSPS) is 10.8. The van der Waals surface area contributed by atoms with E-state index >= 15 is 0 Å². The zero-order chi connectivity index (χ0) is 17.2.